The fourth-order valence-electron chi connectivity index (χ4n) is 0.729. The van der Waals surface area contributed by atoms with Gasteiger partial charge >= 0.3 is 0 Å². The molecule has 0 bridgehead atoms. The fraction of sp³-hybridized carbons (Fsp3) is 0.857. The van der Waals surface area contributed by atoms with E-state index < -0.39 is 8.96 Å². The molecule has 10 heavy (non-hydrogen) atoms. The number of nitrogens with zero attached hydrogens (tertiary/aromatic N) is 1. The van der Waals surface area contributed by atoms with Gasteiger partial charge in [-0.3, -0.25) is 4.66 Å². The first-order valence-electron chi connectivity index (χ1n) is 3.73. The van der Waals surface area contributed by atoms with Crippen LogP contribution >= 0.6 is 0 Å². The minimum Gasteiger partial charge on any atom is -0.252 e. The molecule has 0 amide bonds. The van der Waals surface area contributed by atoms with E-state index in [4.69, 9.17) is 0 Å². The molecular formula is C7H15NOSi. The Kier molecular flexibility index (Phi) is 5.17. The van der Waals surface area contributed by atoms with Gasteiger partial charge < -0.3 is 0 Å². The monoisotopic (exact) mass is 157 g/mol. The quantitative estimate of drug-likeness (QED) is 0.347. The van der Waals surface area contributed by atoms with Gasteiger partial charge in [0.1, 0.15) is 0 Å². The van der Waals surface area contributed by atoms with Crippen LogP contribution in [0.3, 0.4) is 0 Å². The van der Waals surface area contributed by atoms with Crippen molar-refractivity contribution in [1.29, 1.82) is 0 Å². The molecule has 0 fully saturated rings. The zero-order chi connectivity index (χ0) is 7.98. The van der Waals surface area contributed by atoms with Gasteiger partial charge in [-0.15, -0.1) is 0 Å². The molecule has 2 nitrogen and oxygen atoms in total. The molecule has 1 atom stereocenters. The van der Waals surface area contributed by atoms with Crippen LogP contribution in [-0.4, -0.2) is 15.0 Å². The largest absolute Gasteiger partial charge is 0.252 e. The van der Waals surface area contributed by atoms with Crippen LogP contribution in [0.2, 0.25) is 12.6 Å². The van der Waals surface area contributed by atoms with Gasteiger partial charge in [-0.1, -0.05) is 26.8 Å². The average Bonchev–Trinajstić information content (AvgIpc) is 1.85. The molecule has 0 aliphatic heterocycles. The van der Waals surface area contributed by atoms with Crippen molar-refractivity contribution >= 4 is 15.0 Å². The van der Waals surface area contributed by atoms with E-state index in [0.717, 1.165) is 12.0 Å². The lowest BCUT2D eigenvalue weighted by Crippen LogP contribution is -2.03. The Labute approximate surface area is 64.0 Å². The molecule has 0 saturated carbocycles. The Morgan fingerprint density at radius 1 is 1.60 bits per heavy atom. The molecule has 0 N–H and O–H groups in total. The summed E-state index contributed by atoms with van der Waals surface area (Å²) in [6, 6.07) is 1.13. The van der Waals surface area contributed by atoms with E-state index in [1.165, 1.54) is 6.42 Å². The Morgan fingerprint density at radius 2 is 2.20 bits per heavy atom. The van der Waals surface area contributed by atoms with E-state index in [1.54, 1.807) is 6.08 Å². The third-order valence-corrected chi connectivity index (χ3v) is 3.15. The van der Waals surface area contributed by atoms with Crippen LogP contribution in [0.4, 0.5) is 0 Å². The SMILES string of the molecule is CC(C)CC[SiH](C)N=C=O. The van der Waals surface area contributed by atoms with E-state index in [1.807, 2.05) is 0 Å². The highest BCUT2D eigenvalue weighted by molar-refractivity contribution is 6.56. The third-order valence-electron chi connectivity index (χ3n) is 1.43. The first kappa shape index (κ1) is 9.60. The second kappa shape index (κ2) is 5.39. The van der Waals surface area contributed by atoms with Crippen molar-refractivity contribution < 1.29 is 4.79 Å². The van der Waals surface area contributed by atoms with Crippen molar-refractivity contribution in [2.45, 2.75) is 32.9 Å². The van der Waals surface area contributed by atoms with Gasteiger partial charge in [0.05, 0.1) is 0 Å². The molecule has 58 valence electrons. The summed E-state index contributed by atoms with van der Waals surface area (Å²) < 4.78 is 3.73. The number of isocyanates is 1. The topological polar surface area (TPSA) is 29.4 Å². The molecule has 0 aliphatic rings. The summed E-state index contributed by atoms with van der Waals surface area (Å²) in [4.78, 5) is 9.80. The van der Waals surface area contributed by atoms with Crippen LogP contribution in [-0.2, 0) is 4.79 Å². The van der Waals surface area contributed by atoms with Crippen LogP contribution in [0, 0.1) is 5.92 Å². The average molecular weight is 157 g/mol. The third kappa shape index (κ3) is 5.73. The van der Waals surface area contributed by atoms with Crippen molar-refractivity contribution in [3.8, 4) is 0 Å². The van der Waals surface area contributed by atoms with Crippen LogP contribution in [0.5, 0.6) is 0 Å². The zero-order valence-corrected chi connectivity index (χ0v) is 8.08. The lowest BCUT2D eigenvalue weighted by atomic mass is 10.2. The van der Waals surface area contributed by atoms with Crippen LogP contribution in [0.1, 0.15) is 20.3 Å². The summed E-state index contributed by atoms with van der Waals surface area (Å²) in [5, 5.41) is 0. The summed E-state index contributed by atoms with van der Waals surface area (Å²) in [6.45, 7) is 6.45. The predicted molar refractivity (Wildman–Crippen MR) is 45.4 cm³/mol. The summed E-state index contributed by atoms with van der Waals surface area (Å²) in [6.07, 6.45) is 2.82. The van der Waals surface area contributed by atoms with Crippen molar-refractivity contribution in [1.82, 2.24) is 0 Å². The van der Waals surface area contributed by atoms with Gasteiger partial charge in [0.15, 0.2) is 8.96 Å². The van der Waals surface area contributed by atoms with Gasteiger partial charge in [-0.05, 0) is 12.0 Å². The Hall–Kier alpha value is -0.403. The second-order valence-electron chi connectivity index (χ2n) is 3.04. The Morgan fingerprint density at radius 3 is 2.60 bits per heavy atom. The van der Waals surface area contributed by atoms with Gasteiger partial charge in [-0.2, -0.15) is 0 Å². The second-order valence-corrected chi connectivity index (χ2v) is 5.57. The number of hydrogen-bond donors (Lipinski definition) is 0. The van der Waals surface area contributed by atoms with E-state index in [-0.39, 0.29) is 0 Å². The summed E-state index contributed by atoms with van der Waals surface area (Å²) in [7, 11) is -1.06. The molecule has 0 spiro atoms. The molecule has 0 radical (unpaired) electrons. The number of hydrogen-bond acceptors (Lipinski definition) is 2. The van der Waals surface area contributed by atoms with Gasteiger partial charge in [-0.25, -0.2) is 4.79 Å². The smallest absolute Gasteiger partial charge is 0.224 e. The van der Waals surface area contributed by atoms with E-state index in [0.29, 0.717) is 0 Å². The predicted octanol–water partition coefficient (Wildman–Crippen LogP) is 1.72. The van der Waals surface area contributed by atoms with Gasteiger partial charge in [0.25, 0.3) is 0 Å². The molecule has 0 rings (SSSR count). The maximum Gasteiger partial charge on any atom is 0.224 e. The first-order chi connectivity index (χ1) is 4.66. The standard InChI is InChI=1S/C7H15NOSi/c1-7(2)4-5-10(3)8-6-9/h7,10H,4-5H2,1-3H3. The minimum absolute atomic E-state index is 0.733. The Bertz CT molecular complexity index is 130. The molecule has 0 aromatic rings. The van der Waals surface area contributed by atoms with Gasteiger partial charge in [0, 0.05) is 0 Å². The molecular weight excluding hydrogens is 142 g/mol. The van der Waals surface area contributed by atoms with Crippen molar-refractivity contribution in [2.75, 3.05) is 0 Å². The molecule has 0 heterocycles. The maximum atomic E-state index is 9.80. The molecule has 0 aromatic carbocycles. The highest BCUT2D eigenvalue weighted by Gasteiger charge is 2.02. The first-order valence-corrected chi connectivity index (χ1v) is 6.22. The van der Waals surface area contributed by atoms with Crippen molar-refractivity contribution in [2.24, 2.45) is 10.6 Å². The Balaban J connectivity index is 3.39. The summed E-state index contributed by atoms with van der Waals surface area (Å²) in [5.41, 5.74) is 0. The van der Waals surface area contributed by atoms with Crippen LogP contribution < -0.4 is 0 Å². The number of carbonyl (C=O) groups excluding carboxylic acids is 1. The van der Waals surface area contributed by atoms with Crippen molar-refractivity contribution in [3.63, 3.8) is 0 Å². The lowest BCUT2D eigenvalue weighted by Gasteiger charge is -2.03. The number of rotatable bonds is 4. The molecule has 0 aliphatic carbocycles. The van der Waals surface area contributed by atoms with Crippen molar-refractivity contribution in [3.05, 3.63) is 0 Å². The summed E-state index contributed by atoms with van der Waals surface area (Å²) >= 11 is 0. The molecule has 0 saturated heterocycles. The lowest BCUT2D eigenvalue weighted by molar-refractivity contribution is 0.565. The molecule has 3 heteroatoms. The van der Waals surface area contributed by atoms with E-state index in [2.05, 4.69) is 25.1 Å². The van der Waals surface area contributed by atoms with Gasteiger partial charge in [0.2, 0.25) is 6.08 Å². The maximum absolute atomic E-state index is 9.80. The highest BCUT2D eigenvalue weighted by atomic mass is 28.3. The van der Waals surface area contributed by atoms with Crippen LogP contribution in [0.25, 0.3) is 0 Å². The highest BCUT2D eigenvalue weighted by Crippen LogP contribution is 2.07. The van der Waals surface area contributed by atoms with Crippen LogP contribution in [0.15, 0.2) is 4.66 Å². The molecule has 1 unspecified atom stereocenters. The molecule has 0 aromatic heterocycles. The zero-order valence-electron chi connectivity index (χ0n) is 6.92. The van der Waals surface area contributed by atoms with E-state index in [9.17, 15) is 4.79 Å². The fourth-order valence-corrected chi connectivity index (χ4v) is 2.19. The summed E-state index contributed by atoms with van der Waals surface area (Å²) in [5.74, 6) is 0.733. The van der Waals surface area contributed by atoms with E-state index >= 15 is 0 Å². The minimum atomic E-state index is -1.06. The normalized spacial score (nSPS) is 12.8.